The molecule has 0 fully saturated rings. The van der Waals surface area contributed by atoms with Gasteiger partial charge in [-0.25, -0.2) is 4.98 Å². The number of anilines is 1. The Balaban J connectivity index is 2.73. The van der Waals surface area contributed by atoms with Crippen molar-refractivity contribution in [3.63, 3.8) is 0 Å². The zero-order valence-electron chi connectivity index (χ0n) is 10.9. The fraction of sp³-hybridized carbons (Fsp3) is 0.615. The molecule has 1 heterocycles. The number of aliphatic hydroxyl groups is 1. The quantitative estimate of drug-likeness (QED) is 0.733. The lowest BCUT2D eigenvalue weighted by atomic mass is 10.2. The molecule has 0 spiro atoms. The van der Waals surface area contributed by atoms with Gasteiger partial charge >= 0.3 is 0 Å². The molecule has 0 aliphatic heterocycles. The van der Waals surface area contributed by atoms with Crippen LogP contribution < -0.4 is 4.90 Å². The molecule has 0 unspecified atom stereocenters. The Morgan fingerprint density at radius 2 is 2.12 bits per heavy atom. The Morgan fingerprint density at radius 1 is 1.35 bits per heavy atom. The predicted octanol–water partition coefficient (Wildman–Crippen LogP) is 1.61. The summed E-state index contributed by atoms with van der Waals surface area (Å²) >= 11 is 0. The van der Waals surface area contributed by atoms with Crippen LogP contribution in [0.15, 0.2) is 12.1 Å². The monoisotopic (exact) mass is 238 g/mol. The lowest BCUT2D eigenvalue weighted by Crippen LogP contribution is -2.24. The number of aliphatic hydroxyl groups excluding tert-OH is 1. The van der Waals surface area contributed by atoms with E-state index in [4.69, 9.17) is 4.74 Å². The maximum atomic E-state index is 9.21. The molecule has 17 heavy (non-hydrogen) atoms. The Hall–Kier alpha value is -1.13. The molecule has 4 heteroatoms. The second-order valence-corrected chi connectivity index (χ2v) is 3.96. The van der Waals surface area contributed by atoms with E-state index in [-0.39, 0.29) is 6.61 Å². The summed E-state index contributed by atoms with van der Waals surface area (Å²) in [4.78, 5) is 6.59. The number of ether oxygens (including phenoxy) is 1. The molecule has 0 bridgehead atoms. The highest BCUT2D eigenvalue weighted by molar-refractivity contribution is 5.41. The fourth-order valence-corrected chi connectivity index (χ4v) is 1.56. The molecule has 0 amide bonds. The second kappa shape index (κ2) is 7.25. The summed E-state index contributed by atoms with van der Waals surface area (Å²) in [5.41, 5.74) is 1.92. The van der Waals surface area contributed by atoms with Crippen LogP contribution in [0.5, 0.6) is 0 Å². The zero-order chi connectivity index (χ0) is 12.7. The Labute approximate surface area is 103 Å². The summed E-state index contributed by atoms with van der Waals surface area (Å²) < 4.78 is 5.32. The number of nitrogens with zero attached hydrogens (tertiary/aromatic N) is 2. The average Bonchev–Trinajstić information content (AvgIpc) is 2.38. The SMILES string of the molecule is CCOCCN(C)c1cc(CO)cc(CC)n1. The third-order valence-electron chi connectivity index (χ3n) is 2.64. The van der Waals surface area contributed by atoms with Crippen molar-refractivity contribution in [1.29, 1.82) is 0 Å². The van der Waals surface area contributed by atoms with Crippen LogP contribution >= 0.6 is 0 Å². The van der Waals surface area contributed by atoms with Gasteiger partial charge in [0.15, 0.2) is 0 Å². The Bertz CT molecular complexity index is 320. The largest absolute Gasteiger partial charge is 0.392 e. The van der Waals surface area contributed by atoms with Crippen molar-refractivity contribution >= 4 is 5.82 Å². The standard InChI is InChI=1S/C13H22N2O2/c1-4-12-8-11(10-16)9-13(14-12)15(3)6-7-17-5-2/h8-9,16H,4-7,10H2,1-3H3. The first-order valence-electron chi connectivity index (χ1n) is 6.10. The molecule has 1 aromatic heterocycles. The summed E-state index contributed by atoms with van der Waals surface area (Å²) in [7, 11) is 1.99. The summed E-state index contributed by atoms with van der Waals surface area (Å²) in [5, 5.41) is 9.21. The van der Waals surface area contributed by atoms with Gasteiger partial charge in [-0.1, -0.05) is 6.92 Å². The molecule has 4 nitrogen and oxygen atoms in total. The smallest absolute Gasteiger partial charge is 0.128 e. The first-order chi connectivity index (χ1) is 8.21. The lowest BCUT2D eigenvalue weighted by Gasteiger charge is -2.19. The van der Waals surface area contributed by atoms with E-state index in [0.717, 1.165) is 36.6 Å². The van der Waals surface area contributed by atoms with Crippen LogP contribution in [0, 0.1) is 0 Å². The number of hydrogen-bond acceptors (Lipinski definition) is 4. The number of rotatable bonds is 7. The van der Waals surface area contributed by atoms with Crippen LogP contribution in [0.1, 0.15) is 25.1 Å². The molecule has 0 saturated carbocycles. The molecule has 0 radical (unpaired) electrons. The molecule has 0 saturated heterocycles. The molecule has 96 valence electrons. The van der Waals surface area contributed by atoms with E-state index in [1.165, 1.54) is 0 Å². The molecule has 0 atom stereocenters. The van der Waals surface area contributed by atoms with E-state index in [0.29, 0.717) is 6.61 Å². The van der Waals surface area contributed by atoms with Gasteiger partial charge in [0.05, 0.1) is 13.2 Å². The molecule has 1 rings (SSSR count). The third kappa shape index (κ3) is 4.32. The van der Waals surface area contributed by atoms with Crippen molar-refractivity contribution in [3.8, 4) is 0 Å². The van der Waals surface area contributed by atoms with Crippen LogP contribution in [-0.4, -0.2) is 36.9 Å². The van der Waals surface area contributed by atoms with Gasteiger partial charge in [-0.3, -0.25) is 0 Å². The van der Waals surface area contributed by atoms with E-state index in [1.54, 1.807) is 0 Å². The molecule has 0 aromatic carbocycles. The van der Waals surface area contributed by atoms with Crippen LogP contribution in [0.4, 0.5) is 5.82 Å². The van der Waals surface area contributed by atoms with Crippen molar-refractivity contribution < 1.29 is 9.84 Å². The van der Waals surface area contributed by atoms with Crippen molar-refractivity contribution in [2.45, 2.75) is 26.9 Å². The van der Waals surface area contributed by atoms with Gasteiger partial charge in [0.25, 0.3) is 0 Å². The number of likely N-dealkylation sites (N-methyl/N-ethyl adjacent to an activating group) is 1. The Morgan fingerprint density at radius 3 is 2.71 bits per heavy atom. The molecule has 0 aliphatic rings. The molecule has 1 N–H and O–H groups in total. The van der Waals surface area contributed by atoms with E-state index >= 15 is 0 Å². The number of aryl methyl sites for hydroxylation is 1. The van der Waals surface area contributed by atoms with Crippen LogP contribution in [0.3, 0.4) is 0 Å². The molecular formula is C13H22N2O2. The molecular weight excluding hydrogens is 216 g/mol. The Kier molecular flexibility index (Phi) is 5.94. The number of hydrogen-bond donors (Lipinski definition) is 1. The zero-order valence-corrected chi connectivity index (χ0v) is 10.9. The van der Waals surface area contributed by atoms with E-state index in [1.807, 2.05) is 31.0 Å². The minimum Gasteiger partial charge on any atom is -0.392 e. The van der Waals surface area contributed by atoms with Crippen LogP contribution in [-0.2, 0) is 17.8 Å². The second-order valence-electron chi connectivity index (χ2n) is 3.96. The first kappa shape index (κ1) is 13.9. The highest BCUT2D eigenvalue weighted by atomic mass is 16.5. The van der Waals surface area contributed by atoms with Gasteiger partial charge in [0, 0.05) is 25.9 Å². The normalized spacial score (nSPS) is 10.6. The topological polar surface area (TPSA) is 45.6 Å². The highest BCUT2D eigenvalue weighted by Gasteiger charge is 2.06. The molecule has 1 aromatic rings. The summed E-state index contributed by atoms with van der Waals surface area (Å²) in [6, 6.07) is 3.87. The number of aromatic nitrogens is 1. The van der Waals surface area contributed by atoms with Crippen LogP contribution in [0.25, 0.3) is 0 Å². The lowest BCUT2D eigenvalue weighted by molar-refractivity contribution is 0.154. The molecule has 0 aliphatic carbocycles. The van der Waals surface area contributed by atoms with Crippen molar-refractivity contribution in [2.24, 2.45) is 0 Å². The minimum atomic E-state index is 0.0574. The van der Waals surface area contributed by atoms with E-state index < -0.39 is 0 Å². The van der Waals surface area contributed by atoms with E-state index in [9.17, 15) is 5.11 Å². The van der Waals surface area contributed by atoms with Gasteiger partial charge in [-0.05, 0) is 31.0 Å². The number of pyridine rings is 1. The van der Waals surface area contributed by atoms with E-state index in [2.05, 4.69) is 11.9 Å². The maximum absolute atomic E-state index is 9.21. The maximum Gasteiger partial charge on any atom is 0.128 e. The average molecular weight is 238 g/mol. The van der Waals surface area contributed by atoms with Crippen molar-refractivity contribution in [2.75, 3.05) is 31.7 Å². The fourth-order valence-electron chi connectivity index (χ4n) is 1.56. The van der Waals surface area contributed by atoms with Gasteiger partial charge in [-0.2, -0.15) is 0 Å². The van der Waals surface area contributed by atoms with Crippen molar-refractivity contribution in [3.05, 3.63) is 23.4 Å². The van der Waals surface area contributed by atoms with Gasteiger partial charge in [0.2, 0.25) is 0 Å². The third-order valence-corrected chi connectivity index (χ3v) is 2.64. The van der Waals surface area contributed by atoms with Gasteiger partial charge in [-0.15, -0.1) is 0 Å². The van der Waals surface area contributed by atoms with Crippen molar-refractivity contribution in [1.82, 2.24) is 4.98 Å². The summed E-state index contributed by atoms with van der Waals surface area (Å²) in [6.45, 7) is 6.34. The first-order valence-corrected chi connectivity index (χ1v) is 6.10. The highest BCUT2D eigenvalue weighted by Crippen LogP contribution is 2.14. The van der Waals surface area contributed by atoms with Gasteiger partial charge in [0.1, 0.15) is 5.82 Å². The minimum absolute atomic E-state index is 0.0574. The summed E-state index contributed by atoms with van der Waals surface area (Å²) in [6.07, 6.45) is 0.875. The summed E-state index contributed by atoms with van der Waals surface area (Å²) in [5.74, 6) is 0.896. The van der Waals surface area contributed by atoms with Gasteiger partial charge < -0.3 is 14.7 Å². The predicted molar refractivity (Wildman–Crippen MR) is 69.3 cm³/mol. The van der Waals surface area contributed by atoms with Crippen LogP contribution in [0.2, 0.25) is 0 Å².